The zero-order chi connectivity index (χ0) is 11.8. The Hall–Kier alpha value is -1.02. The molecule has 2 rings (SSSR count). The predicted octanol–water partition coefficient (Wildman–Crippen LogP) is 2.95. The SMILES string of the molecule is CC1(C)CC1NC(=O)c1ccc(CCl)cc1. The van der Waals surface area contributed by atoms with Gasteiger partial charge in [-0.25, -0.2) is 0 Å². The molecule has 0 saturated heterocycles. The number of benzene rings is 1. The van der Waals surface area contributed by atoms with Crippen molar-refractivity contribution in [1.29, 1.82) is 0 Å². The van der Waals surface area contributed by atoms with E-state index in [-0.39, 0.29) is 11.3 Å². The lowest BCUT2D eigenvalue weighted by atomic mass is 10.1. The van der Waals surface area contributed by atoms with Crippen molar-refractivity contribution in [2.24, 2.45) is 5.41 Å². The van der Waals surface area contributed by atoms with E-state index < -0.39 is 0 Å². The van der Waals surface area contributed by atoms with Crippen molar-refractivity contribution in [3.05, 3.63) is 35.4 Å². The number of halogens is 1. The lowest BCUT2D eigenvalue weighted by Gasteiger charge is -2.07. The van der Waals surface area contributed by atoms with Crippen molar-refractivity contribution in [2.45, 2.75) is 32.2 Å². The number of hydrogen-bond acceptors (Lipinski definition) is 1. The summed E-state index contributed by atoms with van der Waals surface area (Å²) in [6.45, 7) is 4.32. The van der Waals surface area contributed by atoms with Gasteiger partial charge in [0.2, 0.25) is 0 Å². The first kappa shape index (κ1) is 11.5. The van der Waals surface area contributed by atoms with Gasteiger partial charge in [0.25, 0.3) is 5.91 Å². The van der Waals surface area contributed by atoms with Gasteiger partial charge in [-0.05, 0) is 29.5 Å². The predicted molar refractivity (Wildman–Crippen MR) is 65.7 cm³/mol. The van der Waals surface area contributed by atoms with Crippen molar-refractivity contribution in [3.8, 4) is 0 Å². The second-order valence-electron chi connectivity index (χ2n) is 5.05. The van der Waals surface area contributed by atoms with E-state index in [0.717, 1.165) is 12.0 Å². The molecule has 2 nitrogen and oxygen atoms in total. The summed E-state index contributed by atoms with van der Waals surface area (Å²) in [6, 6.07) is 7.75. The maximum Gasteiger partial charge on any atom is 0.251 e. The highest BCUT2D eigenvalue weighted by atomic mass is 35.5. The standard InChI is InChI=1S/C13H16ClNO/c1-13(2)7-11(13)15-12(16)10-5-3-9(8-14)4-6-10/h3-6,11H,7-8H2,1-2H3,(H,15,16). The van der Waals surface area contributed by atoms with E-state index in [0.29, 0.717) is 17.5 Å². The number of nitrogens with one attached hydrogen (secondary N) is 1. The van der Waals surface area contributed by atoms with Crippen LogP contribution in [-0.4, -0.2) is 11.9 Å². The minimum atomic E-state index is 0.0108. The molecule has 0 spiro atoms. The summed E-state index contributed by atoms with van der Waals surface area (Å²) in [4.78, 5) is 11.8. The molecular formula is C13H16ClNO. The van der Waals surface area contributed by atoms with Gasteiger partial charge in [-0.3, -0.25) is 4.79 Å². The monoisotopic (exact) mass is 237 g/mol. The van der Waals surface area contributed by atoms with Gasteiger partial charge in [0.1, 0.15) is 0 Å². The molecule has 1 aromatic carbocycles. The van der Waals surface area contributed by atoms with Crippen LogP contribution in [0.2, 0.25) is 0 Å². The van der Waals surface area contributed by atoms with Gasteiger partial charge in [-0.2, -0.15) is 0 Å². The van der Waals surface area contributed by atoms with Gasteiger partial charge in [-0.15, -0.1) is 11.6 Å². The van der Waals surface area contributed by atoms with E-state index in [1.807, 2.05) is 24.3 Å². The average Bonchev–Trinajstić information content (AvgIpc) is 2.86. The van der Waals surface area contributed by atoms with Crippen LogP contribution in [-0.2, 0) is 5.88 Å². The number of carbonyl (C=O) groups excluding carboxylic acids is 1. The normalized spacial score (nSPS) is 21.6. The van der Waals surface area contributed by atoms with E-state index in [4.69, 9.17) is 11.6 Å². The lowest BCUT2D eigenvalue weighted by molar-refractivity contribution is 0.0946. The molecule has 1 N–H and O–H groups in total. The largest absolute Gasteiger partial charge is 0.349 e. The summed E-state index contributed by atoms with van der Waals surface area (Å²) >= 11 is 5.69. The maximum absolute atomic E-state index is 11.8. The molecule has 1 aliphatic rings. The number of rotatable bonds is 3. The third-order valence-electron chi connectivity index (χ3n) is 3.19. The zero-order valence-corrected chi connectivity index (χ0v) is 10.3. The van der Waals surface area contributed by atoms with Crippen LogP contribution in [0.15, 0.2) is 24.3 Å². The van der Waals surface area contributed by atoms with Gasteiger partial charge in [0, 0.05) is 17.5 Å². The number of hydrogen-bond donors (Lipinski definition) is 1. The maximum atomic E-state index is 11.8. The molecule has 0 radical (unpaired) electrons. The topological polar surface area (TPSA) is 29.1 Å². The van der Waals surface area contributed by atoms with Gasteiger partial charge < -0.3 is 5.32 Å². The third kappa shape index (κ3) is 2.38. The molecule has 3 heteroatoms. The van der Waals surface area contributed by atoms with Crippen molar-refractivity contribution in [1.82, 2.24) is 5.32 Å². The van der Waals surface area contributed by atoms with Crippen molar-refractivity contribution >= 4 is 17.5 Å². The second kappa shape index (κ2) is 4.10. The first-order valence-corrected chi connectivity index (χ1v) is 6.02. The smallest absolute Gasteiger partial charge is 0.251 e. The number of amides is 1. The van der Waals surface area contributed by atoms with E-state index >= 15 is 0 Å². The Kier molecular flexibility index (Phi) is 2.94. The van der Waals surface area contributed by atoms with Crippen LogP contribution in [0.4, 0.5) is 0 Å². The highest BCUT2D eigenvalue weighted by molar-refractivity contribution is 6.17. The molecule has 1 amide bonds. The first-order chi connectivity index (χ1) is 7.53. The van der Waals surface area contributed by atoms with Crippen LogP contribution in [0.3, 0.4) is 0 Å². The highest BCUT2D eigenvalue weighted by Crippen LogP contribution is 2.44. The second-order valence-corrected chi connectivity index (χ2v) is 5.32. The summed E-state index contributed by atoms with van der Waals surface area (Å²) in [5.74, 6) is 0.495. The van der Waals surface area contributed by atoms with Gasteiger partial charge in [0.05, 0.1) is 0 Å². The summed E-state index contributed by atoms with van der Waals surface area (Å²) in [7, 11) is 0. The minimum Gasteiger partial charge on any atom is -0.349 e. The number of alkyl halides is 1. The van der Waals surface area contributed by atoms with Crippen molar-refractivity contribution < 1.29 is 4.79 Å². The number of carbonyl (C=O) groups is 1. The van der Waals surface area contributed by atoms with Crippen LogP contribution in [0.25, 0.3) is 0 Å². The molecule has 86 valence electrons. The Balaban J connectivity index is 1.99. The molecule has 1 aliphatic carbocycles. The lowest BCUT2D eigenvalue weighted by Crippen LogP contribution is -2.28. The minimum absolute atomic E-state index is 0.0108. The van der Waals surface area contributed by atoms with Crippen LogP contribution in [0, 0.1) is 5.41 Å². The van der Waals surface area contributed by atoms with Crippen molar-refractivity contribution in [3.63, 3.8) is 0 Å². The zero-order valence-electron chi connectivity index (χ0n) is 9.59. The molecule has 0 heterocycles. The molecular weight excluding hydrogens is 222 g/mol. The van der Waals surface area contributed by atoms with Gasteiger partial charge >= 0.3 is 0 Å². The van der Waals surface area contributed by atoms with E-state index in [2.05, 4.69) is 19.2 Å². The highest BCUT2D eigenvalue weighted by Gasteiger charge is 2.46. The third-order valence-corrected chi connectivity index (χ3v) is 3.50. The van der Waals surface area contributed by atoms with Crippen LogP contribution >= 0.6 is 11.6 Å². The summed E-state index contributed by atoms with van der Waals surface area (Å²) in [5.41, 5.74) is 2.01. The Bertz CT molecular complexity index is 397. The van der Waals surface area contributed by atoms with E-state index in [1.165, 1.54) is 0 Å². The quantitative estimate of drug-likeness (QED) is 0.805. The fraction of sp³-hybridized carbons (Fsp3) is 0.462. The molecule has 1 aromatic rings. The Morgan fingerprint density at radius 2 is 2.00 bits per heavy atom. The first-order valence-electron chi connectivity index (χ1n) is 5.49. The van der Waals surface area contributed by atoms with Gasteiger partial charge in [-0.1, -0.05) is 26.0 Å². The fourth-order valence-corrected chi connectivity index (χ4v) is 1.88. The average molecular weight is 238 g/mol. The Morgan fingerprint density at radius 1 is 1.44 bits per heavy atom. The molecule has 0 bridgehead atoms. The fourth-order valence-electron chi connectivity index (χ4n) is 1.70. The molecule has 1 unspecified atom stereocenters. The Labute approximate surface area is 101 Å². The summed E-state index contributed by atoms with van der Waals surface area (Å²) in [6.07, 6.45) is 1.07. The molecule has 1 fully saturated rings. The van der Waals surface area contributed by atoms with Crippen LogP contribution < -0.4 is 5.32 Å². The molecule has 0 aliphatic heterocycles. The molecule has 1 atom stereocenters. The van der Waals surface area contributed by atoms with Crippen LogP contribution in [0.5, 0.6) is 0 Å². The van der Waals surface area contributed by atoms with Gasteiger partial charge in [0.15, 0.2) is 0 Å². The molecule has 1 saturated carbocycles. The molecule has 0 aromatic heterocycles. The van der Waals surface area contributed by atoms with E-state index in [1.54, 1.807) is 0 Å². The molecule has 16 heavy (non-hydrogen) atoms. The van der Waals surface area contributed by atoms with Crippen LogP contribution in [0.1, 0.15) is 36.2 Å². The summed E-state index contributed by atoms with van der Waals surface area (Å²) in [5, 5.41) is 3.03. The van der Waals surface area contributed by atoms with E-state index in [9.17, 15) is 4.79 Å². The summed E-state index contributed by atoms with van der Waals surface area (Å²) < 4.78 is 0. The van der Waals surface area contributed by atoms with Crippen molar-refractivity contribution in [2.75, 3.05) is 0 Å². The Morgan fingerprint density at radius 3 is 2.44 bits per heavy atom.